The molecule has 0 unspecified atom stereocenters. The Morgan fingerprint density at radius 2 is 1.78 bits per heavy atom. The van der Waals surface area contributed by atoms with Gasteiger partial charge in [0.15, 0.2) is 12.4 Å². The Balaban J connectivity index is 2.98. The summed E-state index contributed by atoms with van der Waals surface area (Å²) in [5.41, 5.74) is 0. The molecular weight excluding hydrogens is 114 g/mol. The summed E-state index contributed by atoms with van der Waals surface area (Å²) in [7, 11) is 0. The van der Waals surface area contributed by atoms with Crippen LogP contribution < -0.4 is 9.67 Å². The van der Waals surface area contributed by atoms with Gasteiger partial charge in [0, 0.05) is 12.1 Å². The third-order valence-electron chi connectivity index (χ3n) is 1.00. The van der Waals surface area contributed by atoms with Crippen molar-refractivity contribution < 1.29 is 9.67 Å². The average molecular weight is 121 g/mol. The molecule has 46 valence electrons. The van der Waals surface area contributed by atoms with Crippen molar-refractivity contribution in [2.24, 2.45) is 0 Å². The van der Waals surface area contributed by atoms with Crippen molar-refractivity contribution in [1.29, 1.82) is 0 Å². The molecule has 0 atom stereocenters. The SMILES string of the molecule is C=C([O-])[n+]1ccccc1. The summed E-state index contributed by atoms with van der Waals surface area (Å²) >= 11 is 0. The first kappa shape index (κ1) is 5.82. The van der Waals surface area contributed by atoms with Gasteiger partial charge in [-0.15, -0.1) is 0 Å². The molecule has 1 rings (SSSR count). The van der Waals surface area contributed by atoms with E-state index in [-0.39, 0.29) is 5.88 Å². The van der Waals surface area contributed by atoms with Crippen LogP contribution in [-0.2, 0) is 0 Å². The van der Waals surface area contributed by atoms with Crippen LogP contribution in [0.5, 0.6) is 0 Å². The zero-order valence-corrected chi connectivity index (χ0v) is 4.95. The Labute approximate surface area is 53.7 Å². The maximum atomic E-state index is 10.5. The van der Waals surface area contributed by atoms with Crippen molar-refractivity contribution in [3.63, 3.8) is 0 Å². The van der Waals surface area contributed by atoms with Crippen molar-refractivity contribution in [2.75, 3.05) is 0 Å². The summed E-state index contributed by atoms with van der Waals surface area (Å²) in [6.45, 7) is 3.23. The molecule has 0 aliphatic rings. The van der Waals surface area contributed by atoms with Gasteiger partial charge >= 0.3 is 0 Å². The molecule has 0 radical (unpaired) electrons. The van der Waals surface area contributed by atoms with Gasteiger partial charge in [0.05, 0.1) is 0 Å². The maximum absolute atomic E-state index is 10.5. The van der Waals surface area contributed by atoms with E-state index in [0.29, 0.717) is 0 Å². The van der Waals surface area contributed by atoms with E-state index in [1.165, 1.54) is 4.57 Å². The van der Waals surface area contributed by atoms with E-state index < -0.39 is 0 Å². The summed E-state index contributed by atoms with van der Waals surface area (Å²) in [6, 6.07) is 5.41. The third kappa shape index (κ3) is 1.29. The van der Waals surface area contributed by atoms with Crippen LogP contribution in [0.3, 0.4) is 0 Å². The number of hydrogen-bond donors (Lipinski definition) is 0. The first-order valence-corrected chi connectivity index (χ1v) is 2.63. The van der Waals surface area contributed by atoms with E-state index in [0.717, 1.165) is 0 Å². The van der Waals surface area contributed by atoms with Crippen molar-refractivity contribution in [2.45, 2.75) is 0 Å². The van der Waals surface area contributed by atoms with Gasteiger partial charge in [-0.25, -0.2) is 0 Å². The molecule has 0 saturated heterocycles. The predicted molar refractivity (Wildman–Crippen MR) is 32.0 cm³/mol. The van der Waals surface area contributed by atoms with Crippen LogP contribution in [0, 0.1) is 0 Å². The van der Waals surface area contributed by atoms with Crippen LogP contribution >= 0.6 is 0 Å². The summed E-state index contributed by atoms with van der Waals surface area (Å²) in [4.78, 5) is 0. The van der Waals surface area contributed by atoms with E-state index in [9.17, 15) is 5.11 Å². The first-order chi connectivity index (χ1) is 4.30. The van der Waals surface area contributed by atoms with Crippen LogP contribution in [-0.4, -0.2) is 0 Å². The monoisotopic (exact) mass is 121 g/mol. The third-order valence-corrected chi connectivity index (χ3v) is 1.00. The minimum Gasteiger partial charge on any atom is -0.823 e. The van der Waals surface area contributed by atoms with Crippen LogP contribution in [0.25, 0.3) is 5.88 Å². The number of nitrogens with zero attached hydrogens (tertiary/aromatic N) is 1. The largest absolute Gasteiger partial charge is 0.823 e. The van der Waals surface area contributed by atoms with Crippen molar-refractivity contribution in [3.8, 4) is 0 Å². The topological polar surface area (TPSA) is 26.9 Å². The van der Waals surface area contributed by atoms with E-state index in [1.807, 2.05) is 6.07 Å². The van der Waals surface area contributed by atoms with Gasteiger partial charge in [-0.1, -0.05) is 6.07 Å². The standard InChI is InChI=1S/C7H7NO/c1-7(9)8-5-3-2-4-6-8/h2-6H,1H2. The average Bonchev–Trinajstić information content (AvgIpc) is 1.90. The zero-order chi connectivity index (χ0) is 6.69. The fourth-order valence-electron chi connectivity index (χ4n) is 0.565. The molecule has 2 nitrogen and oxygen atoms in total. The molecule has 0 saturated carbocycles. The quantitative estimate of drug-likeness (QED) is 0.372. The van der Waals surface area contributed by atoms with Crippen molar-refractivity contribution in [1.82, 2.24) is 0 Å². The van der Waals surface area contributed by atoms with E-state index in [4.69, 9.17) is 0 Å². The normalized spacial score (nSPS) is 8.89. The molecule has 0 bridgehead atoms. The van der Waals surface area contributed by atoms with E-state index in [2.05, 4.69) is 6.58 Å². The summed E-state index contributed by atoms with van der Waals surface area (Å²) < 4.78 is 1.42. The Bertz CT molecular complexity index is 205. The second-order valence-corrected chi connectivity index (χ2v) is 1.68. The summed E-state index contributed by atoms with van der Waals surface area (Å²) in [5, 5.41) is 10.5. The number of aromatic nitrogens is 1. The van der Waals surface area contributed by atoms with Gasteiger partial charge < -0.3 is 5.11 Å². The molecular formula is C7H7NO. The fourth-order valence-corrected chi connectivity index (χ4v) is 0.565. The highest BCUT2D eigenvalue weighted by Crippen LogP contribution is 1.78. The molecule has 1 aromatic rings. The summed E-state index contributed by atoms with van der Waals surface area (Å²) in [6.07, 6.45) is 3.32. The lowest BCUT2D eigenvalue weighted by Crippen LogP contribution is -2.36. The molecule has 0 aliphatic carbocycles. The maximum Gasteiger partial charge on any atom is 0.173 e. The highest BCUT2D eigenvalue weighted by molar-refractivity contribution is 5.09. The van der Waals surface area contributed by atoms with Gasteiger partial charge in [-0.2, -0.15) is 4.57 Å². The second kappa shape index (κ2) is 2.31. The molecule has 0 aromatic carbocycles. The van der Waals surface area contributed by atoms with Gasteiger partial charge in [0.2, 0.25) is 0 Å². The Hall–Kier alpha value is -1.31. The number of pyridine rings is 1. The minimum absolute atomic E-state index is 0.212. The highest BCUT2D eigenvalue weighted by atomic mass is 16.3. The lowest BCUT2D eigenvalue weighted by molar-refractivity contribution is -0.651. The minimum atomic E-state index is -0.212. The molecule has 0 N–H and O–H groups in total. The fraction of sp³-hybridized carbons (Fsp3) is 0. The molecule has 0 fully saturated rings. The predicted octanol–water partition coefficient (Wildman–Crippen LogP) is -0.237. The van der Waals surface area contributed by atoms with Gasteiger partial charge in [0.25, 0.3) is 0 Å². The Morgan fingerprint density at radius 1 is 1.22 bits per heavy atom. The van der Waals surface area contributed by atoms with Crippen LogP contribution in [0.1, 0.15) is 0 Å². The zero-order valence-electron chi connectivity index (χ0n) is 4.95. The molecule has 0 aliphatic heterocycles. The van der Waals surface area contributed by atoms with Gasteiger partial charge in [0.1, 0.15) is 5.88 Å². The molecule has 0 spiro atoms. The Kier molecular flexibility index (Phi) is 1.49. The van der Waals surface area contributed by atoms with Crippen molar-refractivity contribution in [3.05, 3.63) is 37.2 Å². The number of hydrogen-bond acceptors (Lipinski definition) is 1. The van der Waals surface area contributed by atoms with Crippen LogP contribution in [0.4, 0.5) is 0 Å². The summed E-state index contributed by atoms with van der Waals surface area (Å²) in [5.74, 6) is -0.212. The Morgan fingerprint density at radius 3 is 2.11 bits per heavy atom. The van der Waals surface area contributed by atoms with Gasteiger partial charge in [-0.3, -0.25) is 0 Å². The van der Waals surface area contributed by atoms with Crippen LogP contribution in [0.2, 0.25) is 0 Å². The number of rotatable bonds is 1. The van der Waals surface area contributed by atoms with Gasteiger partial charge in [-0.05, 0) is 6.58 Å². The molecule has 1 aromatic heterocycles. The van der Waals surface area contributed by atoms with Crippen LogP contribution in [0.15, 0.2) is 37.2 Å². The lowest BCUT2D eigenvalue weighted by Gasteiger charge is -1.98. The van der Waals surface area contributed by atoms with Crippen molar-refractivity contribution >= 4 is 5.88 Å². The smallest absolute Gasteiger partial charge is 0.173 e. The second-order valence-electron chi connectivity index (χ2n) is 1.68. The molecule has 1 heterocycles. The molecule has 0 amide bonds. The highest BCUT2D eigenvalue weighted by Gasteiger charge is 1.89. The van der Waals surface area contributed by atoms with E-state index >= 15 is 0 Å². The van der Waals surface area contributed by atoms with E-state index in [1.54, 1.807) is 24.5 Å². The molecule has 2 heteroatoms. The lowest BCUT2D eigenvalue weighted by atomic mass is 10.5. The first-order valence-electron chi connectivity index (χ1n) is 2.63. The molecule has 9 heavy (non-hydrogen) atoms.